The van der Waals surface area contributed by atoms with Gasteiger partial charge in [-0.2, -0.15) is 0 Å². The Labute approximate surface area is 140 Å². The van der Waals surface area contributed by atoms with Gasteiger partial charge in [-0.1, -0.05) is 12.1 Å². The van der Waals surface area contributed by atoms with Crippen molar-refractivity contribution in [1.29, 1.82) is 0 Å². The van der Waals surface area contributed by atoms with E-state index in [2.05, 4.69) is 76.0 Å². The Morgan fingerprint density at radius 1 is 1.04 bits per heavy atom. The normalized spacial score (nSPS) is 29.8. The van der Waals surface area contributed by atoms with Crippen LogP contribution in [0.2, 0.25) is 0 Å². The molecule has 2 aliphatic rings. The van der Waals surface area contributed by atoms with Crippen LogP contribution in [0.5, 0.6) is 0 Å². The van der Waals surface area contributed by atoms with E-state index in [0.29, 0.717) is 12.1 Å². The van der Waals surface area contributed by atoms with Crippen LogP contribution in [-0.4, -0.2) is 43.5 Å². The molecule has 0 amide bonds. The molecule has 126 valence electrons. The molecule has 3 rings (SSSR count). The van der Waals surface area contributed by atoms with Crippen molar-refractivity contribution in [2.75, 3.05) is 18.0 Å². The summed E-state index contributed by atoms with van der Waals surface area (Å²) in [5.74, 6) is 0. The third-order valence-corrected chi connectivity index (χ3v) is 5.51. The number of anilines is 1. The highest BCUT2D eigenvalue weighted by Crippen LogP contribution is 2.36. The number of nitrogens with zero attached hydrogens (tertiary/aromatic N) is 1. The lowest BCUT2D eigenvalue weighted by atomic mass is 9.79. The molecule has 2 unspecified atom stereocenters. The van der Waals surface area contributed by atoms with E-state index in [-0.39, 0.29) is 18.3 Å². The number of hydrogen-bond acceptors (Lipinski definition) is 4. The summed E-state index contributed by atoms with van der Waals surface area (Å²) in [4.78, 5) is 2.47. The minimum Gasteiger partial charge on any atom is -0.399 e. The molecular formula is C18H29BN2O2. The van der Waals surface area contributed by atoms with Gasteiger partial charge in [0.15, 0.2) is 0 Å². The molecule has 2 saturated heterocycles. The Hall–Kier alpha value is -1.04. The van der Waals surface area contributed by atoms with Gasteiger partial charge in [0.25, 0.3) is 0 Å². The topological polar surface area (TPSA) is 33.7 Å². The predicted molar refractivity (Wildman–Crippen MR) is 96.4 cm³/mol. The van der Waals surface area contributed by atoms with Crippen LogP contribution in [0.1, 0.15) is 41.5 Å². The number of hydrogen-bond donors (Lipinski definition) is 1. The fourth-order valence-electron chi connectivity index (χ4n) is 3.18. The second kappa shape index (κ2) is 5.80. The average molecular weight is 316 g/mol. The molecule has 2 fully saturated rings. The quantitative estimate of drug-likeness (QED) is 0.848. The first-order valence-electron chi connectivity index (χ1n) is 8.65. The lowest BCUT2D eigenvalue weighted by Crippen LogP contribution is -2.54. The van der Waals surface area contributed by atoms with Gasteiger partial charge in [0.1, 0.15) is 0 Å². The van der Waals surface area contributed by atoms with E-state index >= 15 is 0 Å². The van der Waals surface area contributed by atoms with Gasteiger partial charge in [-0.15, -0.1) is 0 Å². The lowest BCUT2D eigenvalue weighted by molar-refractivity contribution is 0.00578. The van der Waals surface area contributed by atoms with Gasteiger partial charge in [0.2, 0.25) is 0 Å². The first-order chi connectivity index (χ1) is 10.7. The number of rotatable bonds is 2. The van der Waals surface area contributed by atoms with Crippen molar-refractivity contribution in [1.82, 2.24) is 5.32 Å². The first-order valence-corrected chi connectivity index (χ1v) is 8.65. The molecule has 23 heavy (non-hydrogen) atoms. The van der Waals surface area contributed by atoms with Crippen LogP contribution < -0.4 is 15.7 Å². The van der Waals surface area contributed by atoms with Crippen LogP contribution in [0.25, 0.3) is 0 Å². The van der Waals surface area contributed by atoms with Gasteiger partial charge in [-0.3, -0.25) is 0 Å². The van der Waals surface area contributed by atoms with Crippen LogP contribution in [0.15, 0.2) is 24.3 Å². The smallest absolute Gasteiger partial charge is 0.399 e. The van der Waals surface area contributed by atoms with Gasteiger partial charge in [0, 0.05) is 30.9 Å². The van der Waals surface area contributed by atoms with Crippen LogP contribution in [-0.2, 0) is 9.31 Å². The zero-order valence-corrected chi connectivity index (χ0v) is 15.2. The summed E-state index contributed by atoms with van der Waals surface area (Å²) in [6.45, 7) is 14.9. The summed E-state index contributed by atoms with van der Waals surface area (Å²) >= 11 is 0. The summed E-state index contributed by atoms with van der Waals surface area (Å²) in [5, 5.41) is 3.52. The maximum Gasteiger partial charge on any atom is 0.494 e. The molecule has 0 bridgehead atoms. The average Bonchev–Trinajstić information content (AvgIpc) is 2.70. The monoisotopic (exact) mass is 316 g/mol. The fourth-order valence-corrected chi connectivity index (χ4v) is 3.18. The highest BCUT2D eigenvalue weighted by atomic mass is 16.7. The predicted octanol–water partition coefficient (Wildman–Crippen LogP) is 2.17. The lowest BCUT2D eigenvalue weighted by Gasteiger charge is -2.39. The van der Waals surface area contributed by atoms with E-state index < -0.39 is 0 Å². The molecule has 2 aliphatic heterocycles. The number of nitrogens with one attached hydrogen (secondary N) is 1. The third kappa shape index (κ3) is 3.15. The molecular weight excluding hydrogens is 287 g/mol. The van der Waals surface area contributed by atoms with Gasteiger partial charge in [-0.05, 0) is 59.1 Å². The Morgan fingerprint density at radius 3 is 2.17 bits per heavy atom. The van der Waals surface area contributed by atoms with E-state index in [0.717, 1.165) is 18.6 Å². The van der Waals surface area contributed by atoms with Gasteiger partial charge < -0.3 is 19.5 Å². The summed E-state index contributed by atoms with van der Waals surface area (Å²) in [6, 6.07) is 9.68. The van der Waals surface area contributed by atoms with Gasteiger partial charge in [-0.25, -0.2) is 0 Å². The van der Waals surface area contributed by atoms with E-state index in [9.17, 15) is 0 Å². The fraction of sp³-hybridized carbons (Fsp3) is 0.667. The molecule has 0 radical (unpaired) electrons. The Kier molecular flexibility index (Phi) is 4.24. The molecule has 5 heteroatoms. The van der Waals surface area contributed by atoms with E-state index in [1.807, 2.05) is 0 Å². The van der Waals surface area contributed by atoms with Crippen molar-refractivity contribution in [3.63, 3.8) is 0 Å². The van der Waals surface area contributed by atoms with Crippen LogP contribution in [0.3, 0.4) is 0 Å². The maximum absolute atomic E-state index is 6.13. The Balaban J connectivity index is 1.75. The van der Waals surface area contributed by atoms with Crippen LogP contribution >= 0.6 is 0 Å². The minimum absolute atomic E-state index is 0.284. The molecule has 0 saturated carbocycles. The van der Waals surface area contributed by atoms with Crippen molar-refractivity contribution in [3.8, 4) is 0 Å². The van der Waals surface area contributed by atoms with Crippen molar-refractivity contribution in [3.05, 3.63) is 24.3 Å². The highest BCUT2D eigenvalue weighted by Gasteiger charge is 2.51. The van der Waals surface area contributed by atoms with Crippen molar-refractivity contribution >= 4 is 18.3 Å². The van der Waals surface area contributed by atoms with Crippen LogP contribution in [0, 0.1) is 0 Å². The molecule has 4 nitrogen and oxygen atoms in total. The van der Waals surface area contributed by atoms with E-state index in [1.54, 1.807) is 0 Å². The van der Waals surface area contributed by atoms with Crippen molar-refractivity contribution in [2.24, 2.45) is 0 Å². The second-order valence-electron chi connectivity index (χ2n) is 7.99. The molecule has 0 aromatic heterocycles. The second-order valence-corrected chi connectivity index (χ2v) is 7.99. The van der Waals surface area contributed by atoms with Gasteiger partial charge >= 0.3 is 7.12 Å². The molecule has 0 spiro atoms. The summed E-state index contributed by atoms with van der Waals surface area (Å²) < 4.78 is 12.3. The largest absolute Gasteiger partial charge is 0.494 e. The van der Waals surface area contributed by atoms with Gasteiger partial charge in [0.05, 0.1) is 11.2 Å². The molecule has 0 aliphatic carbocycles. The molecule has 1 N–H and O–H groups in total. The zero-order chi connectivity index (χ0) is 16.8. The van der Waals surface area contributed by atoms with Crippen LogP contribution in [0.4, 0.5) is 5.69 Å². The summed E-state index contributed by atoms with van der Waals surface area (Å²) in [7, 11) is -0.284. The maximum atomic E-state index is 6.13. The Morgan fingerprint density at radius 2 is 1.61 bits per heavy atom. The van der Waals surface area contributed by atoms with Crippen molar-refractivity contribution in [2.45, 2.75) is 64.8 Å². The number of benzene rings is 1. The van der Waals surface area contributed by atoms with E-state index in [1.165, 1.54) is 5.69 Å². The number of piperazine rings is 1. The minimum atomic E-state index is -0.293. The Bertz CT molecular complexity index is 543. The van der Waals surface area contributed by atoms with E-state index in [4.69, 9.17) is 9.31 Å². The summed E-state index contributed by atoms with van der Waals surface area (Å²) in [5.41, 5.74) is 1.77. The first kappa shape index (κ1) is 16.8. The SMILES string of the molecule is CC1CN(c2ccc(B3OC(C)(C)C(C)(C)O3)cc2)C(C)CN1. The molecule has 2 atom stereocenters. The standard InChI is InChI=1S/C18H29BN2O2/c1-13-12-21(14(2)11-20-13)16-9-7-15(8-10-16)19-22-17(3,4)18(5,6)23-19/h7-10,13-14,20H,11-12H2,1-6H3. The highest BCUT2D eigenvalue weighted by molar-refractivity contribution is 6.62. The third-order valence-electron chi connectivity index (χ3n) is 5.51. The molecule has 2 heterocycles. The molecule has 1 aromatic rings. The summed E-state index contributed by atoms with van der Waals surface area (Å²) in [6.07, 6.45) is 0. The molecule has 1 aromatic carbocycles. The van der Waals surface area contributed by atoms with Crippen molar-refractivity contribution < 1.29 is 9.31 Å². The zero-order valence-electron chi connectivity index (χ0n) is 15.2.